The van der Waals surface area contributed by atoms with E-state index in [9.17, 15) is 4.79 Å². The van der Waals surface area contributed by atoms with Crippen LogP contribution in [0.1, 0.15) is 17.4 Å². The Morgan fingerprint density at radius 3 is 2.30 bits per heavy atom. The molecular weight excluding hydrogens is 378 g/mol. The van der Waals surface area contributed by atoms with E-state index in [1.807, 2.05) is 61.1 Å². The van der Waals surface area contributed by atoms with E-state index in [1.54, 1.807) is 0 Å². The quantitative estimate of drug-likeness (QED) is 0.692. The lowest BCUT2D eigenvalue weighted by Gasteiger charge is -2.36. The van der Waals surface area contributed by atoms with Crippen molar-refractivity contribution in [3.8, 4) is 0 Å². The fourth-order valence-electron chi connectivity index (χ4n) is 3.99. The number of primary amides is 1. The Kier molecular flexibility index (Phi) is 5.46. The Hall–Kier alpha value is -2.94. The molecule has 2 aromatic carbocycles. The summed E-state index contributed by atoms with van der Waals surface area (Å²) in [6.45, 7) is 5.92. The molecule has 1 saturated heterocycles. The first-order valence-electron chi connectivity index (χ1n) is 10.2. The topological polar surface area (TPSA) is 96.6 Å². The van der Waals surface area contributed by atoms with Crippen LogP contribution in [0, 0.1) is 6.92 Å². The van der Waals surface area contributed by atoms with Crippen LogP contribution in [-0.2, 0) is 7.05 Å². The predicted molar refractivity (Wildman–Crippen MR) is 120 cm³/mol. The number of carbonyl (C=O) groups is 1. The van der Waals surface area contributed by atoms with Crippen molar-refractivity contribution in [1.29, 1.82) is 0 Å². The Balaban J connectivity index is 1.60. The van der Waals surface area contributed by atoms with Crippen molar-refractivity contribution in [3.63, 3.8) is 0 Å². The van der Waals surface area contributed by atoms with E-state index in [2.05, 4.69) is 21.9 Å². The van der Waals surface area contributed by atoms with Crippen LogP contribution < -0.4 is 16.4 Å². The average molecular weight is 408 g/mol. The van der Waals surface area contributed by atoms with Crippen LogP contribution in [0.2, 0.25) is 0 Å². The minimum atomic E-state index is -0.543. The van der Waals surface area contributed by atoms with Crippen LogP contribution in [0.3, 0.4) is 0 Å². The van der Waals surface area contributed by atoms with Crippen molar-refractivity contribution in [2.75, 3.05) is 38.1 Å². The van der Waals surface area contributed by atoms with Crippen molar-refractivity contribution in [2.45, 2.75) is 13.1 Å². The molecule has 30 heavy (non-hydrogen) atoms. The summed E-state index contributed by atoms with van der Waals surface area (Å²) in [6.07, 6.45) is -0.164. The van der Waals surface area contributed by atoms with E-state index in [1.165, 1.54) is 4.90 Å². The number of likely N-dealkylation sites (N-methyl/N-ethyl adjacent to an activating group) is 1. The van der Waals surface area contributed by atoms with E-state index < -0.39 is 6.03 Å². The molecule has 1 aliphatic rings. The molecule has 2 amide bonds. The van der Waals surface area contributed by atoms with Crippen molar-refractivity contribution < 1.29 is 4.79 Å². The van der Waals surface area contributed by atoms with Gasteiger partial charge in [-0.1, -0.05) is 12.1 Å². The molecule has 158 valence electrons. The number of benzene rings is 2. The first kappa shape index (κ1) is 20.3. The molecule has 4 N–H and O–H groups in total. The minimum absolute atomic E-state index is 0.164. The normalized spacial score (nSPS) is 16.7. The summed E-state index contributed by atoms with van der Waals surface area (Å²) < 4.78 is 1.83. The van der Waals surface area contributed by atoms with Crippen molar-refractivity contribution in [1.82, 2.24) is 19.6 Å². The Labute approximate surface area is 176 Å². The molecule has 4 rings (SSSR count). The zero-order chi connectivity index (χ0) is 21.4. The minimum Gasteiger partial charge on any atom is -0.351 e. The lowest BCUT2D eigenvalue weighted by Crippen LogP contribution is -2.48. The molecular formula is C22H29N7O. The molecule has 8 nitrogen and oxygen atoms in total. The Morgan fingerprint density at radius 2 is 1.67 bits per heavy atom. The van der Waals surface area contributed by atoms with E-state index in [0.717, 1.165) is 48.3 Å². The van der Waals surface area contributed by atoms with Crippen molar-refractivity contribution >= 4 is 28.3 Å². The molecule has 1 atom stereocenters. The number of anilines is 2. The number of urea groups is 1. The number of rotatable bonds is 4. The average Bonchev–Trinajstić information content (AvgIpc) is 3.02. The van der Waals surface area contributed by atoms with Gasteiger partial charge in [-0.05, 0) is 49.9 Å². The highest BCUT2D eigenvalue weighted by atomic mass is 16.2. The van der Waals surface area contributed by atoms with Gasteiger partial charge in [0, 0.05) is 44.3 Å². The van der Waals surface area contributed by atoms with Gasteiger partial charge < -0.3 is 16.4 Å². The number of nitrogens with two attached hydrogens (primary N) is 2. The molecule has 0 radical (unpaired) electrons. The van der Waals surface area contributed by atoms with E-state index in [0.29, 0.717) is 11.4 Å². The van der Waals surface area contributed by atoms with Gasteiger partial charge in [-0.15, -0.1) is 0 Å². The smallest absolute Gasteiger partial charge is 0.323 e. The third kappa shape index (κ3) is 3.77. The van der Waals surface area contributed by atoms with Gasteiger partial charge in [-0.3, -0.25) is 14.5 Å². The van der Waals surface area contributed by atoms with E-state index in [4.69, 9.17) is 11.5 Å². The number of hydrogen-bond donors (Lipinski definition) is 2. The molecule has 0 bridgehead atoms. The predicted octanol–water partition coefficient (Wildman–Crippen LogP) is 2.30. The molecule has 8 heteroatoms. The SMILES string of the molecule is Cc1c2ccc(N(C(N)=O)c3ccc(C(N)N4CCN(C)CC4)cc3)cc2nn1C. The van der Waals surface area contributed by atoms with Crippen LogP contribution in [0.25, 0.3) is 10.9 Å². The fourth-order valence-corrected chi connectivity index (χ4v) is 3.99. The monoisotopic (exact) mass is 407 g/mol. The Morgan fingerprint density at radius 1 is 1.03 bits per heavy atom. The highest BCUT2D eigenvalue weighted by Gasteiger charge is 2.22. The van der Waals surface area contributed by atoms with Crippen LogP contribution in [-0.4, -0.2) is 58.8 Å². The molecule has 1 aromatic heterocycles. The van der Waals surface area contributed by atoms with Crippen LogP contribution in [0.5, 0.6) is 0 Å². The maximum Gasteiger partial charge on any atom is 0.323 e. The van der Waals surface area contributed by atoms with Crippen molar-refractivity contribution in [2.24, 2.45) is 18.5 Å². The molecule has 0 saturated carbocycles. The van der Waals surface area contributed by atoms with Gasteiger partial charge in [-0.2, -0.15) is 5.10 Å². The number of amides is 2. The summed E-state index contributed by atoms with van der Waals surface area (Å²) in [6, 6.07) is 12.9. The third-order valence-corrected chi connectivity index (χ3v) is 6.02. The van der Waals surface area contributed by atoms with Gasteiger partial charge in [0.05, 0.1) is 23.1 Å². The zero-order valence-electron chi connectivity index (χ0n) is 17.7. The maximum absolute atomic E-state index is 12.3. The summed E-state index contributed by atoms with van der Waals surface area (Å²) in [5, 5.41) is 5.57. The van der Waals surface area contributed by atoms with Crippen LogP contribution >= 0.6 is 0 Å². The van der Waals surface area contributed by atoms with Gasteiger partial charge in [-0.25, -0.2) is 4.79 Å². The number of nitrogens with zero attached hydrogens (tertiary/aromatic N) is 5. The number of carbonyl (C=O) groups excluding carboxylic acids is 1. The highest BCUT2D eigenvalue weighted by molar-refractivity contribution is 6.00. The standard InChI is InChI=1S/C22H29N7O/c1-15-19-9-8-18(14-20(19)25-27(15)3)29(22(24)30)17-6-4-16(5-7-17)21(23)28-12-10-26(2)11-13-28/h4-9,14,21H,10-13,23H2,1-3H3,(H2,24,30). The largest absolute Gasteiger partial charge is 0.351 e. The number of aromatic nitrogens is 2. The number of hydrogen-bond acceptors (Lipinski definition) is 5. The molecule has 0 aliphatic carbocycles. The summed E-state index contributed by atoms with van der Waals surface area (Å²) in [5.74, 6) is 0. The lowest BCUT2D eigenvalue weighted by atomic mass is 10.1. The van der Waals surface area contributed by atoms with Gasteiger partial charge in [0.25, 0.3) is 0 Å². The molecule has 1 fully saturated rings. The van der Waals surface area contributed by atoms with Crippen LogP contribution in [0.4, 0.5) is 16.2 Å². The van der Waals surface area contributed by atoms with Gasteiger partial charge in [0.2, 0.25) is 0 Å². The Bertz CT molecular complexity index is 1050. The molecule has 2 heterocycles. The second-order valence-corrected chi connectivity index (χ2v) is 7.96. The number of aryl methyl sites for hydroxylation is 2. The lowest BCUT2D eigenvalue weighted by molar-refractivity contribution is 0.114. The van der Waals surface area contributed by atoms with E-state index >= 15 is 0 Å². The summed E-state index contributed by atoms with van der Waals surface area (Å²) in [7, 11) is 4.03. The second-order valence-electron chi connectivity index (χ2n) is 7.96. The second kappa shape index (κ2) is 8.06. The van der Waals surface area contributed by atoms with Crippen molar-refractivity contribution in [3.05, 3.63) is 53.7 Å². The van der Waals surface area contributed by atoms with Gasteiger partial charge in [0.15, 0.2) is 0 Å². The summed E-state index contributed by atoms with van der Waals surface area (Å²) in [4.78, 5) is 18.4. The maximum atomic E-state index is 12.3. The first-order valence-corrected chi connectivity index (χ1v) is 10.2. The van der Waals surface area contributed by atoms with Gasteiger partial charge >= 0.3 is 6.03 Å². The molecule has 1 aliphatic heterocycles. The van der Waals surface area contributed by atoms with Crippen LogP contribution in [0.15, 0.2) is 42.5 Å². The van der Waals surface area contributed by atoms with Gasteiger partial charge in [0.1, 0.15) is 0 Å². The molecule has 0 spiro atoms. The van der Waals surface area contributed by atoms with E-state index in [-0.39, 0.29) is 6.17 Å². The fraction of sp³-hybridized carbons (Fsp3) is 0.364. The number of piperazine rings is 1. The third-order valence-electron chi connectivity index (χ3n) is 6.02. The summed E-state index contributed by atoms with van der Waals surface area (Å²) >= 11 is 0. The number of fused-ring (bicyclic) bond motifs is 1. The highest BCUT2D eigenvalue weighted by Crippen LogP contribution is 2.30. The summed E-state index contributed by atoms with van der Waals surface area (Å²) in [5.41, 5.74) is 16.5. The first-order chi connectivity index (χ1) is 14.3. The molecule has 3 aromatic rings. The molecule has 1 unspecified atom stereocenters. The zero-order valence-corrected chi connectivity index (χ0v) is 17.7.